The number of benzene rings is 2. The summed E-state index contributed by atoms with van der Waals surface area (Å²) in [6, 6.07) is 13.8. The molecule has 1 aromatic heterocycles. The van der Waals surface area contributed by atoms with Crippen molar-refractivity contribution in [3.63, 3.8) is 0 Å². The summed E-state index contributed by atoms with van der Waals surface area (Å²) in [5.41, 5.74) is 2.11. The maximum absolute atomic E-state index is 12.2. The standard InChI is InChI=1S/C22H18N4O5/c1-30-15-8-9-18(31-2)16(11-15)19-13(10-17-20(27)23-22(29)24-21(17)28)12-26(25-19)14-6-4-3-5-7-14/h3-12H,1-2H3,(H2,23,24,27,28,29). The highest BCUT2D eigenvalue weighted by atomic mass is 16.5. The molecule has 9 nitrogen and oxygen atoms in total. The fourth-order valence-corrected chi connectivity index (χ4v) is 3.18. The molecule has 2 aromatic carbocycles. The number of methoxy groups -OCH3 is 2. The first-order valence-electron chi connectivity index (χ1n) is 9.26. The zero-order chi connectivity index (χ0) is 22.0. The SMILES string of the molecule is COc1ccc(OC)c(-c2nn(-c3ccccc3)cc2C=C2C(=O)NC(=O)NC2=O)c1. The number of hydrogen-bond acceptors (Lipinski definition) is 6. The molecular weight excluding hydrogens is 400 g/mol. The van der Waals surface area contributed by atoms with Gasteiger partial charge in [0.25, 0.3) is 11.8 Å². The Labute approximate surface area is 177 Å². The third-order valence-corrected chi connectivity index (χ3v) is 4.67. The lowest BCUT2D eigenvalue weighted by Crippen LogP contribution is -2.51. The molecule has 0 atom stereocenters. The van der Waals surface area contributed by atoms with Gasteiger partial charge >= 0.3 is 6.03 Å². The van der Waals surface area contributed by atoms with Gasteiger partial charge in [-0.2, -0.15) is 5.10 Å². The first-order chi connectivity index (χ1) is 15.0. The molecule has 0 aliphatic carbocycles. The van der Waals surface area contributed by atoms with Crippen LogP contribution in [0.2, 0.25) is 0 Å². The number of aromatic nitrogens is 2. The number of carbonyl (C=O) groups excluding carboxylic acids is 3. The maximum Gasteiger partial charge on any atom is 0.328 e. The van der Waals surface area contributed by atoms with E-state index in [1.165, 1.54) is 13.2 Å². The Morgan fingerprint density at radius 1 is 0.935 bits per heavy atom. The summed E-state index contributed by atoms with van der Waals surface area (Å²) in [6.45, 7) is 0. The Bertz CT molecular complexity index is 1190. The highest BCUT2D eigenvalue weighted by Crippen LogP contribution is 2.35. The topological polar surface area (TPSA) is 112 Å². The van der Waals surface area contributed by atoms with Crippen LogP contribution in [0.3, 0.4) is 0 Å². The van der Waals surface area contributed by atoms with Crippen molar-refractivity contribution in [3.8, 4) is 28.4 Å². The molecule has 4 rings (SSSR count). The van der Waals surface area contributed by atoms with Crippen molar-refractivity contribution < 1.29 is 23.9 Å². The summed E-state index contributed by atoms with van der Waals surface area (Å²) in [4.78, 5) is 35.8. The predicted octanol–water partition coefficient (Wildman–Crippen LogP) is 2.31. The van der Waals surface area contributed by atoms with Gasteiger partial charge < -0.3 is 9.47 Å². The number of imide groups is 2. The number of rotatable bonds is 5. The quantitative estimate of drug-likeness (QED) is 0.486. The molecule has 4 amide bonds. The van der Waals surface area contributed by atoms with Crippen LogP contribution in [-0.2, 0) is 9.59 Å². The van der Waals surface area contributed by atoms with Crippen LogP contribution >= 0.6 is 0 Å². The second-order valence-electron chi connectivity index (χ2n) is 6.57. The summed E-state index contributed by atoms with van der Waals surface area (Å²) in [6.07, 6.45) is 3.07. The molecule has 1 fully saturated rings. The summed E-state index contributed by atoms with van der Waals surface area (Å²) in [5.74, 6) is -0.455. The van der Waals surface area contributed by atoms with Crippen LogP contribution in [0.1, 0.15) is 5.56 Å². The van der Waals surface area contributed by atoms with E-state index in [9.17, 15) is 14.4 Å². The van der Waals surface area contributed by atoms with Crippen molar-refractivity contribution >= 4 is 23.9 Å². The maximum atomic E-state index is 12.2. The molecule has 156 valence electrons. The molecule has 0 unspecified atom stereocenters. The second kappa shape index (κ2) is 8.15. The minimum absolute atomic E-state index is 0.213. The van der Waals surface area contributed by atoms with Gasteiger partial charge in [-0.1, -0.05) is 18.2 Å². The molecular formula is C22H18N4O5. The van der Waals surface area contributed by atoms with Gasteiger partial charge in [0.1, 0.15) is 22.8 Å². The second-order valence-corrected chi connectivity index (χ2v) is 6.57. The number of nitrogens with zero attached hydrogens (tertiary/aromatic N) is 2. The Morgan fingerprint density at radius 3 is 2.29 bits per heavy atom. The molecule has 1 aliphatic heterocycles. The van der Waals surface area contributed by atoms with Crippen molar-refractivity contribution in [2.75, 3.05) is 14.2 Å². The van der Waals surface area contributed by atoms with E-state index in [1.807, 2.05) is 30.3 Å². The smallest absolute Gasteiger partial charge is 0.328 e. The van der Waals surface area contributed by atoms with Gasteiger partial charge in [0.05, 0.1) is 19.9 Å². The van der Waals surface area contributed by atoms with E-state index in [0.29, 0.717) is 28.3 Å². The average Bonchev–Trinajstić information content (AvgIpc) is 3.20. The average molecular weight is 418 g/mol. The molecule has 1 saturated heterocycles. The molecule has 2 heterocycles. The summed E-state index contributed by atoms with van der Waals surface area (Å²) in [7, 11) is 3.08. The van der Waals surface area contributed by atoms with Crippen LogP contribution in [0, 0.1) is 0 Å². The van der Waals surface area contributed by atoms with Gasteiger partial charge in [0.15, 0.2) is 0 Å². The van der Waals surface area contributed by atoms with Gasteiger partial charge in [-0.25, -0.2) is 9.48 Å². The number of amides is 4. The number of ether oxygens (including phenoxy) is 2. The van der Waals surface area contributed by atoms with Crippen LogP contribution in [0.15, 0.2) is 60.3 Å². The number of nitrogens with one attached hydrogen (secondary N) is 2. The van der Waals surface area contributed by atoms with Crippen LogP contribution < -0.4 is 20.1 Å². The predicted molar refractivity (Wildman–Crippen MR) is 112 cm³/mol. The summed E-state index contributed by atoms with van der Waals surface area (Å²) in [5, 5.41) is 8.81. The lowest BCUT2D eigenvalue weighted by molar-refractivity contribution is -0.123. The van der Waals surface area contributed by atoms with Crippen molar-refractivity contribution in [1.29, 1.82) is 0 Å². The Balaban J connectivity index is 1.92. The Kier molecular flexibility index (Phi) is 5.23. The molecule has 0 bridgehead atoms. The van der Waals surface area contributed by atoms with Crippen LogP contribution in [0.4, 0.5) is 4.79 Å². The number of para-hydroxylation sites is 1. The minimum Gasteiger partial charge on any atom is -0.497 e. The normalized spacial score (nSPS) is 13.5. The summed E-state index contributed by atoms with van der Waals surface area (Å²) < 4.78 is 12.4. The molecule has 1 aliphatic rings. The van der Waals surface area contributed by atoms with Crippen molar-refractivity contribution in [1.82, 2.24) is 20.4 Å². The van der Waals surface area contributed by atoms with Gasteiger partial charge in [-0.15, -0.1) is 0 Å². The van der Waals surface area contributed by atoms with Gasteiger partial charge in [0, 0.05) is 17.3 Å². The zero-order valence-corrected chi connectivity index (χ0v) is 16.7. The number of urea groups is 1. The highest BCUT2D eigenvalue weighted by Gasteiger charge is 2.28. The molecule has 0 radical (unpaired) electrons. The summed E-state index contributed by atoms with van der Waals surface area (Å²) >= 11 is 0. The zero-order valence-electron chi connectivity index (χ0n) is 16.7. The van der Waals surface area contributed by atoms with E-state index >= 15 is 0 Å². The largest absolute Gasteiger partial charge is 0.497 e. The number of barbiturate groups is 1. The molecule has 9 heteroatoms. The molecule has 2 N–H and O–H groups in total. The van der Waals surface area contributed by atoms with Gasteiger partial charge in [0.2, 0.25) is 0 Å². The first-order valence-corrected chi connectivity index (χ1v) is 9.26. The molecule has 0 spiro atoms. The van der Waals surface area contributed by atoms with E-state index in [0.717, 1.165) is 5.69 Å². The lowest BCUT2D eigenvalue weighted by Gasteiger charge is -2.14. The van der Waals surface area contributed by atoms with E-state index in [-0.39, 0.29) is 5.57 Å². The van der Waals surface area contributed by atoms with Crippen LogP contribution in [0.25, 0.3) is 23.0 Å². The third-order valence-electron chi connectivity index (χ3n) is 4.67. The Morgan fingerprint density at radius 2 is 1.65 bits per heavy atom. The van der Waals surface area contributed by atoms with E-state index in [1.54, 1.807) is 36.2 Å². The minimum atomic E-state index is -0.859. The first kappa shape index (κ1) is 19.9. The lowest BCUT2D eigenvalue weighted by atomic mass is 10.0. The fraction of sp³-hybridized carbons (Fsp3) is 0.0909. The number of carbonyl (C=O) groups is 3. The third kappa shape index (κ3) is 3.88. The van der Waals surface area contributed by atoms with Crippen LogP contribution in [-0.4, -0.2) is 41.8 Å². The molecule has 31 heavy (non-hydrogen) atoms. The van der Waals surface area contributed by atoms with E-state index < -0.39 is 17.8 Å². The molecule has 3 aromatic rings. The van der Waals surface area contributed by atoms with Crippen molar-refractivity contribution in [3.05, 3.63) is 65.9 Å². The van der Waals surface area contributed by atoms with Gasteiger partial charge in [-0.05, 0) is 36.4 Å². The van der Waals surface area contributed by atoms with E-state index in [2.05, 4.69) is 15.7 Å². The number of hydrogen-bond donors (Lipinski definition) is 2. The van der Waals surface area contributed by atoms with Crippen LogP contribution in [0.5, 0.6) is 11.5 Å². The molecule has 0 saturated carbocycles. The van der Waals surface area contributed by atoms with E-state index in [4.69, 9.17) is 9.47 Å². The highest BCUT2D eigenvalue weighted by molar-refractivity contribution is 6.31. The fourth-order valence-electron chi connectivity index (χ4n) is 3.18. The van der Waals surface area contributed by atoms with Crippen molar-refractivity contribution in [2.24, 2.45) is 0 Å². The van der Waals surface area contributed by atoms with Crippen molar-refractivity contribution in [2.45, 2.75) is 0 Å². The van der Waals surface area contributed by atoms with Gasteiger partial charge in [-0.3, -0.25) is 20.2 Å². The Hall–Kier alpha value is -4.40. The monoisotopic (exact) mass is 418 g/mol.